The highest BCUT2D eigenvalue weighted by Crippen LogP contribution is 2.32. The molecular weight excluding hydrogens is 303 g/mol. The zero-order valence-electron chi connectivity index (χ0n) is 13.5. The highest BCUT2D eigenvalue weighted by molar-refractivity contribution is 5.27. The smallest absolute Gasteiger partial charge is 0.123 e. The monoisotopic (exact) mass is 324 g/mol. The van der Waals surface area contributed by atoms with Crippen LogP contribution in [0.15, 0.2) is 54.6 Å². The van der Waals surface area contributed by atoms with E-state index in [1.807, 2.05) is 30.3 Å². The minimum absolute atomic E-state index is 0.104. The molecule has 1 fully saturated rings. The molecule has 1 N–H and O–H groups in total. The van der Waals surface area contributed by atoms with Gasteiger partial charge in [-0.1, -0.05) is 42.5 Å². The fraction of sp³-hybridized carbons (Fsp3) is 0.350. The van der Waals surface area contributed by atoms with Gasteiger partial charge in [-0.2, -0.15) is 5.26 Å². The highest BCUT2D eigenvalue weighted by atomic mass is 19.1. The summed E-state index contributed by atoms with van der Waals surface area (Å²) in [6.45, 7) is 1.33. The van der Waals surface area contributed by atoms with Crippen LogP contribution in [0, 0.1) is 17.1 Å². The van der Waals surface area contributed by atoms with Crippen molar-refractivity contribution in [1.29, 1.82) is 5.26 Å². The normalized spacial score (nSPS) is 20.5. The fourth-order valence-electron chi connectivity index (χ4n) is 3.51. The number of hydrogen-bond acceptors (Lipinski definition) is 3. The zero-order valence-corrected chi connectivity index (χ0v) is 13.5. The van der Waals surface area contributed by atoms with Crippen LogP contribution < -0.4 is 0 Å². The predicted octanol–water partition coefficient (Wildman–Crippen LogP) is 3.63. The molecule has 0 bridgehead atoms. The van der Waals surface area contributed by atoms with E-state index in [9.17, 15) is 14.8 Å². The first-order valence-corrected chi connectivity index (χ1v) is 8.31. The topological polar surface area (TPSA) is 47.3 Å². The lowest BCUT2D eigenvalue weighted by Gasteiger charge is -2.30. The number of nitrogens with zero attached hydrogens (tertiary/aromatic N) is 2. The van der Waals surface area contributed by atoms with Crippen LogP contribution in [-0.2, 0) is 0 Å². The lowest BCUT2D eigenvalue weighted by Crippen LogP contribution is -2.37. The van der Waals surface area contributed by atoms with E-state index in [2.05, 4.69) is 11.0 Å². The Balaban J connectivity index is 1.73. The average molecular weight is 324 g/mol. The second kappa shape index (κ2) is 7.57. The van der Waals surface area contributed by atoms with E-state index in [0.29, 0.717) is 12.1 Å². The van der Waals surface area contributed by atoms with Gasteiger partial charge in [0.15, 0.2) is 0 Å². The van der Waals surface area contributed by atoms with Gasteiger partial charge in [0.2, 0.25) is 0 Å². The van der Waals surface area contributed by atoms with Gasteiger partial charge < -0.3 is 5.11 Å². The molecule has 2 aromatic rings. The molecule has 1 aliphatic rings. The van der Waals surface area contributed by atoms with Crippen molar-refractivity contribution in [1.82, 2.24) is 4.90 Å². The Kier molecular flexibility index (Phi) is 5.24. The first-order chi connectivity index (χ1) is 11.7. The van der Waals surface area contributed by atoms with Gasteiger partial charge in [-0.3, -0.25) is 4.90 Å². The zero-order chi connectivity index (χ0) is 16.9. The van der Waals surface area contributed by atoms with Crippen LogP contribution in [0.4, 0.5) is 4.39 Å². The molecule has 3 rings (SSSR count). The van der Waals surface area contributed by atoms with Crippen LogP contribution in [-0.4, -0.2) is 29.1 Å². The molecular formula is C20H21FN2O. The van der Waals surface area contributed by atoms with Crippen LogP contribution in [0.1, 0.15) is 36.0 Å². The first kappa shape index (κ1) is 16.6. The molecule has 1 saturated heterocycles. The summed E-state index contributed by atoms with van der Waals surface area (Å²) in [5, 5.41) is 20.1. The number of benzene rings is 2. The maximum atomic E-state index is 13.0. The van der Waals surface area contributed by atoms with Crippen molar-refractivity contribution >= 4 is 0 Å². The van der Waals surface area contributed by atoms with Crippen LogP contribution in [0.25, 0.3) is 0 Å². The second-order valence-corrected chi connectivity index (χ2v) is 6.29. The minimum atomic E-state index is -0.679. The molecule has 0 aromatic heterocycles. The average Bonchev–Trinajstić information content (AvgIpc) is 3.05. The summed E-state index contributed by atoms with van der Waals surface area (Å²) in [4.78, 5) is 2.19. The summed E-state index contributed by atoms with van der Waals surface area (Å²) >= 11 is 0. The number of nitriles is 1. The molecule has 3 nitrogen and oxygen atoms in total. The Morgan fingerprint density at radius 3 is 2.50 bits per heavy atom. The van der Waals surface area contributed by atoms with E-state index >= 15 is 0 Å². The SMILES string of the molecule is N#CC(c1ccccc1)C1CCCN1CC(O)c1ccc(F)cc1. The van der Waals surface area contributed by atoms with Crippen LogP contribution >= 0.6 is 0 Å². The predicted molar refractivity (Wildman–Crippen MR) is 90.8 cm³/mol. The maximum Gasteiger partial charge on any atom is 0.123 e. The molecule has 0 amide bonds. The van der Waals surface area contributed by atoms with Gasteiger partial charge in [-0.25, -0.2) is 4.39 Å². The third-order valence-corrected chi connectivity index (χ3v) is 4.76. The number of aliphatic hydroxyl groups excluding tert-OH is 1. The number of β-amino-alcohol motifs (C(OH)–C–C–N with tert-alkyl or cyclic N) is 1. The summed E-state index contributed by atoms with van der Waals surface area (Å²) in [7, 11) is 0. The number of halogens is 1. The van der Waals surface area contributed by atoms with E-state index in [0.717, 1.165) is 24.9 Å². The van der Waals surface area contributed by atoms with Crippen molar-refractivity contribution in [3.63, 3.8) is 0 Å². The molecule has 0 radical (unpaired) electrons. The van der Waals surface area contributed by atoms with Crippen molar-refractivity contribution in [2.45, 2.75) is 30.9 Å². The molecule has 24 heavy (non-hydrogen) atoms. The van der Waals surface area contributed by atoms with Gasteiger partial charge in [-0.05, 0) is 42.6 Å². The van der Waals surface area contributed by atoms with Crippen molar-refractivity contribution < 1.29 is 9.50 Å². The Labute approximate surface area is 142 Å². The Hall–Kier alpha value is -2.22. The molecule has 2 aromatic carbocycles. The summed E-state index contributed by atoms with van der Waals surface area (Å²) in [6, 6.07) is 18.3. The van der Waals surface area contributed by atoms with Gasteiger partial charge in [0.25, 0.3) is 0 Å². The Bertz CT molecular complexity index is 696. The fourth-order valence-corrected chi connectivity index (χ4v) is 3.51. The van der Waals surface area contributed by atoms with Gasteiger partial charge >= 0.3 is 0 Å². The van der Waals surface area contributed by atoms with E-state index < -0.39 is 6.10 Å². The molecule has 1 heterocycles. The van der Waals surface area contributed by atoms with Crippen LogP contribution in [0.2, 0.25) is 0 Å². The van der Waals surface area contributed by atoms with Gasteiger partial charge in [0.05, 0.1) is 18.1 Å². The lowest BCUT2D eigenvalue weighted by molar-refractivity contribution is 0.103. The third kappa shape index (κ3) is 3.64. The maximum absolute atomic E-state index is 13.0. The van der Waals surface area contributed by atoms with Crippen molar-refractivity contribution in [3.8, 4) is 6.07 Å². The van der Waals surface area contributed by atoms with E-state index in [1.165, 1.54) is 12.1 Å². The van der Waals surface area contributed by atoms with Gasteiger partial charge in [0, 0.05) is 12.6 Å². The minimum Gasteiger partial charge on any atom is -0.387 e. The summed E-state index contributed by atoms with van der Waals surface area (Å²) in [5.41, 5.74) is 1.73. The molecule has 1 aliphatic heterocycles. The molecule has 0 spiro atoms. The first-order valence-electron chi connectivity index (χ1n) is 8.31. The van der Waals surface area contributed by atoms with E-state index in [-0.39, 0.29) is 17.8 Å². The lowest BCUT2D eigenvalue weighted by atomic mass is 9.91. The van der Waals surface area contributed by atoms with Gasteiger partial charge in [-0.15, -0.1) is 0 Å². The molecule has 4 heteroatoms. The highest BCUT2D eigenvalue weighted by Gasteiger charge is 2.33. The number of aliphatic hydroxyl groups is 1. The number of rotatable bonds is 5. The third-order valence-electron chi connectivity index (χ3n) is 4.76. The summed E-state index contributed by atoms with van der Waals surface area (Å²) < 4.78 is 13.0. The van der Waals surface area contributed by atoms with E-state index in [1.54, 1.807) is 12.1 Å². The summed E-state index contributed by atoms with van der Waals surface area (Å²) in [6.07, 6.45) is 1.29. The Morgan fingerprint density at radius 1 is 1.12 bits per heavy atom. The van der Waals surface area contributed by atoms with Crippen molar-refractivity contribution in [2.24, 2.45) is 0 Å². The molecule has 0 aliphatic carbocycles. The standard InChI is InChI=1S/C20H21FN2O/c21-17-10-8-16(9-11-17)20(24)14-23-12-4-7-19(23)18(13-22)15-5-2-1-3-6-15/h1-3,5-6,8-11,18-20,24H,4,7,12,14H2. The van der Waals surface area contributed by atoms with Crippen LogP contribution in [0.5, 0.6) is 0 Å². The van der Waals surface area contributed by atoms with Crippen LogP contribution in [0.3, 0.4) is 0 Å². The number of likely N-dealkylation sites (tertiary alicyclic amines) is 1. The Morgan fingerprint density at radius 2 is 1.83 bits per heavy atom. The van der Waals surface area contributed by atoms with Crippen molar-refractivity contribution in [3.05, 3.63) is 71.5 Å². The quantitative estimate of drug-likeness (QED) is 0.913. The van der Waals surface area contributed by atoms with Crippen molar-refractivity contribution in [2.75, 3.05) is 13.1 Å². The molecule has 124 valence electrons. The largest absolute Gasteiger partial charge is 0.387 e. The molecule has 3 unspecified atom stereocenters. The molecule has 3 atom stereocenters. The second-order valence-electron chi connectivity index (χ2n) is 6.29. The van der Waals surface area contributed by atoms with E-state index in [4.69, 9.17) is 0 Å². The number of hydrogen-bond donors (Lipinski definition) is 1. The summed E-state index contributed by atoms with van der Waals surface area (Å²) in [5.74, 6) is -0.507. The van der Waals surface area contributed by atoms with Gasteiger partial charge in [0.1, 0.15) is 5.82 Å². The molecule has 0 saturated carbocycles.